The first-order valence-corrected chi connectivity index (χ1v) is 6.15. The quantitative estimate of drug-likeness (QED) is 0.580. The number of nitrogens with two attached hydrogens (primary N) is 1. The van der Waals surface area contributed by atoms with E-state index >= 15 is 0 Å². The minimum absolute atomic E-state index is 0.0809. The zero-order valence-corrected chi connectivity index (χ0v) is 11.7. The van der Waals surface area contributed by atoms with Gasteiger partial charge in [-0.15, -0.1) is 0 Å². The number of rotatable bonds is 8. The van der Waals surface area contributed by atoms with Crippen molar-refractivity contribution in [2.45, 2.75) is 25.8 Å². The van der Waals surface area contributed by atoms with E-state index in [1.54, 1.807) is 28.1 Å². The predicted molar refractivity (Wildman–Crippen MR) is 70.0 cm³/mol. The van der Waals surface area contributed by atoms with Crippen LogP contribution in [-0.4, -0.2) is 57.1 Å². The third-order valence-electron chi connectivity index (χ3n) is 2.80. The van der Waals surface area contributed by atoms with Crippen LogP contribution in [0.1, 0.15) is 19.8 Å². The summed E-state index contributed by atoms with van der Waals surface area (Å²) in [4.78, 5) is 24.8. The second kappa shape index (κ2) is 8.88. The number of hydrogen-bond donors (Lipinski definition) is 2. The first kappa shape index (κ1) is 16.9. The van der Waals surface area contributed by atoms with Gasteiger partial charge in [-0.25, -0.2) is 0 Å². The SMILES string of the molecule is CNC(=O)C(C)CN(C)C(=O)C(N)CCCOC. The smallest absolute Gasteiger partial charge is 0.239 e. The molecule has 0 aliphatic rings. The lowest BCUT2D eigenvalue weighted by Gasteiger charge is -2.23. The minimum atomic E-state index is -0.526. The molecule has 0 aromatic heterocycles. The van der Waals surface area contributed by atoms with Crippen LogP contribution < -0.4 is 11.1 Å². The summed E-state index contributed by atoms with van der Waals surface area (Å²) < 4.78 is 4.91. The van der Waals surface area contributed by atoms with Gasteiger partial charge in [-0.1, -0.05) is 6.92 Å². The molecule has 3 N–H and O–H groups in total. The second-order valence-electron chi connectivity index (χ2n) is 4.48. The van der Waals surface area contributed by atoms with E-state index in [4.69, 9.17) is 10.5 Å². The molecule has 0 aromatic carbocycles. The highest BCUT2D eigenvalue weighted by atomic mass is 16.5. The average Bonchev–Trinajstić information content (AvgIpc) is 2.36. The fraction of sp³-hybridized carbons (Fsp3) is 0.833. The lowest BCUT2D eigenvalue weighted by Crippen LogP contribution is -2.45. The standard InChI is InChI=1S/C12H25N3O3/c1-9(11(16)14-2)8-15(3)12(17)10(13)6-5-7-18-4/h9-10H,5-8,13H2,1-4H3,(H,14,16). The van der Waals surface area contributed by atoms with Crippen LogP contribution in [0.25, 0.3) is 0 Å². The van der Waals surface area contributed by atoms with Crippen molar-refractivity contribution >= 4 is 11.8 Å². The zero-order valence-electron chi connectivity index (χ0n) is 11.7. The normalized spacial score (nSPS) is 13.8. The molecule has 0 saturated carbocycles. The molecule has 0 radical (unpaired) electrons. The summed E-state index contributed by atoms with van der Waals surface area (Å²) in [6, 6.07) is -0.526. The molecule has 2 atom stereocenters. The Balaban J connectivity index is 4.12. The Morgan fingerprint density at radius 3 is 2.56 bits per heavy atom. The molecule has 6 nitrogen and oxygen atoms in total. The summed E-state index contributed by atoms with van der Waals surface area (Å²) in [5, 5.41) is 2.56. The molecule has 2 amide bonds. The van der Waals surface area contributed by atoms with Gasteiger partial charge in [0.1, 0.15) is 0 Å². The number of ether oxygens (including phenoxy) is 1. The van der Waals surface area contributed by atoms with Crippen LogP contribution in [0.2, 0.25) is 0 Å². The molecule has 0 spiro atoms. The molecule has 0 bridgehead atoms. The van der Waals surface area contributed by atoms with E-state index in [1.165, 1.54) is 4.90 Å². The van der Waals surface area contributed by atoms with Gasteiger partial charge in [-0.05, 0) is 12.8 Å². The maximum atomic E-state index is 11.9. The highest BCUT2D eigenvalue weighted by Crippen LogP contribution is 2.03. The van der Waals surface area contributed by atoms with Crippen molar-refractivity contribution in [1.82, 2.24) is 10.2 Å². The molecular formula is C12H25N3O3. The van der Waals surface area contributed by atoms with Crippen molar-refractivity contribution in [3.63, 3.8) is 0 Å². The van der Waals surface area contributed by atoms with Crippen molar-refractivity contribution in [2.24, 2.45) is 11.7 Å². The van der Waals surface area contributed by atoms with E-state index in [2.05, 4.69) is 5.32 Å². The fourth-order valence-electron chi connectivity index (χ4n) is 1.68. The Morgan fingerprint density at radius 2 is 2.06 bits per heavy atom. The molecule has 0 aromatic rings. The number of likely N-dealkylation sites (N-methyl/N-ethyl adjacent to an activating group) is 1. The van der Waals surface area contributed by atoms with Gasteiger partial charge in [0.25, 0.3) is 0 Å². The molecule has 0 aliphatic heterocycles. The van der Waals surface area contributed by atoms with E-state index in [9.17, 15) is 9.59 Å². The summed E-state index contributed by atoms with van der Waals surface area (Å²) in [7, 11) is 4.86. The van der Waals surface area contributed by atoms with Gasteiger partial charge in [-0.2, -0.15) is 0 Å². The topological polar surface area (TPSA) is 84.7 Å². The molecule has 106 valence electrons. The Bertz CT molecular complexity index is 271. The van der Waals surface area contributed by atoms with E-state index in [1.807, 2.05) is 0 Å². The summed E-state index contributed by atoms with van der Waals surface area (Å²) in [5.74, 6) is -0.459. The lowest BCUT2D eigenvalue weighted by atomic mass is 10.1. The van der Waals surface area contributed by atoms with Gasteiger partial charge < -0.3 is 20.7 Å². The van der Waals surface area contributed by atoms with Gasteiger partial charge >= 0.3 is 0 Å². The Labute approximate surface area is 109 Å². The van der Waals surface area contributed by atoms with E-state index < -0.39 is 6.04 Å². The van der Waals surface area contributed by atoms with Crippen molar-refractivity contribution in [2.75, 3.05) is 34.4 Å². The Hall–Kier alpha value is -1.14. The highest BCUT2D eigenvalue weighted by molar-refractivity contribution is 5.83. The lowest BCUT2D eigenvalue weighted by molar-refractivity contribution is -0.133. The largest absolute Gasteiger partial charge is 0.385 e. The number of nitrogens with zero attached hydrogens (tertiary/aromatic N) is 1. The number of nitrogens with one attached hydrogen (secondary N) is 1. The van der Waals surface area contributed by atoms with Crippen LogP contribution in [0.3, 0.4) is 0 Å². The first-order chi connectivity index (χ1) is 8.43. The number of amides is 2. The maximum Gasteiger partial charge on any atom is 0.239 e. The van der Waals surface area contributed by atoms with Crippen LogP contribution >= 0.6 is 0 Å². The van der Waals surface area contributed by atoms with E-state index in [0.717, 1.165) is 6.42 Å². The Morgan fingerprint density at radius 1 is 1.44 bits per heavy atom. The van der Waals surface area contributed by atoms with Crippen molar-refractivity contribution in [3.05, 3.63) is 0 Å². The van der Waals surface area contributed by atoms with Crippen LogP contribution in [0.15, 0.2) is 0 Å². The Kier molecular flexibility index (Phi) is 8.32. The fourth-order valence-corrected chi connectivity index (χ4v) is 1.68. The molecule has 6 heteroatoms. The third kappa shape index (κ3) is 5.97. The van der Waals surface area contributed by atoms with Crippen LogP contribution in [-0.2, 0) is 14.3 Å². The molecule has 2 unspecified atom stereocenters. The van der Waals surface area contributed by atoms with E-state index in [-0.39, 0.29) is 17.7 Å². The highest BCUT2D eigenvalue weighted by Gasteiger charge is 2.21. The van der Waals surface area contributed by atoms with Crippen LogP contribution in [0.4, 0.5) is 0 Å². The molecule has 0 aliphatic carbocycles. The average molecular weight is 259 g/mol. The molecule has 0 heterocycles. The van der Waals surface area contributed by atoms with Gasteiger partial charge in [0.15, 0.2) is 0 Å². The number of carbonyl (C=O) groups is 2. The molecule has 0 rings (SSSR count). The minimum Gasteiger partial charge on any atom is -0.385 e. The van der Waals surface area contributed by atoms with Crippen molar-refractivity contribution in [3.8, 4) is 0 Å². The van der Waals surface area contributed by atoms with Gasteiger partial charge in [0.05, 0.1) is 12.0 Å². The number of carbonyl (C=O) groups excluding carboxylic acids is 2. The van der Waals surface area contributed by atoms with Gasteiger partial charge in [0, 0.05) is 34.4 Å². The van der Waals surface area contributed by atoms with Gasteiger partial charge in [-0.3, -0.25) is 9.59 Å². The summed E-state index contributed by atoms with van der Waals surface area (Å²) >= 11 is 0. The first-order valence-electron chi connectivity index (χ1n) is 6.15. The zero-order chi connectivity index (χ0) is 14.1. The molecule has 18 heavy (non-hydrogen) atoms. The van der Waals surface area contributed by atoms with Crippen molar-refractivity contribution in [1.29, 1.82) is 0 Å². The summed E-state index contributed by atoms with van der Waals surface area (Å²) in [6.45, 7) is 2.74. The summed E-state index contributed by atoms with van der Waals surface area (Å²) in [5.41, 5.74) is 5.80. The van der Waals surface area contributed by atoms with E-state index in [0.29, 0.717) is 19.6 Å². The van der Waals surface area contributed by atoms with Gasteiger partial charge in [0.2, 0.25) is 11.8 Å². The number of methoxy groups -OCH3 is 1. The van der Waals surface area contributed by atoms with Crippen LogP contribution in [0.5, 0.6) is 0 Å². The monoisotopic (exact) mass is 259 g/mol. The second-order valence-corrected chi connectivity index (χ2v) is 4.48. The summed E-state index contributed by atoms with van der Waals surface area (Å²) in [6.07, 6.45) is 1.34. The molecule has 0 fully saturated rings. The number of hydrogen-bond acceptors (Lipinski definition) is 4. The predicted octanol–water partition coefficient (Wildman–Crippen LogP) is -0.419. The maximum absolute atomic E-state index is 11.9. The molecular weight excluding hydrogens is 234 g/mol. The van der Waals surface area contributed by atoms with Crippen molar-refractivity contribution < 1.29 is 14.3 Å². The van der Waals surface area contributed by atoms with Crippen LogP contribution in [0, 0.1) is 5.92 Å². The molecule has 0 saturated heterocycles. The third-order valence-corrected chi connectivity index (χ3v) is 2.80.